The molecule has 2 rings (SSSR count). The van der Waals surface area contributed by atoms with Gasteiger partial charge in [0.1, 0.15) is 5.82 Å². The van der Waals surface area contributed by atoms with Crippen LogP contribution in [-0.4, -0.2) is 46.7 Å². The lowest BCUT2D eigenvalue weighted by atomic mass is 10.2. The largest absolute Gasteiger partial charge is 0.334 e. The summed E-state index contributed by atoms with van der Waals surface area (Å²) in [5, 5.41) is 3.59. The molecule has 0 aromatic carbocycles. The Morgan fingerprint density at radius 3 is 3.00 bits per heavy atom. The predicted octanol–water partition coefficient (Wildman–Crippen LogP) is 1.66. The minimum Gasteiger partial charge on any atom is -0.334 e. The van der Waals surface area contributed by atoms with E-state index in [1.165, 1.54) is 38.9 Å². The van der Waals surface area contributed by atoms with Crippen LogP contribution >= 0.6 is 0 Å². The third-order valence-electron chi connectivity index (χ3n) is 3.76. The predicted molar refractivity (Wildman–Crippen MR) is 74.7 cm³/mol. The molecule has 1 aromatic rings. The van der Waals surface area contributed by atoms with E-state index in [2.05, 4.69) is 39.8 Å². The molecule has 18 heavy (non-hydrogen) atoms. The molecule has 1 aliphatic heterocycles. The molecule has 1 saturated heterocycles. The fraction of sp³-hybridized carbons (Fsp3) is 0.786. The van der Waals surface area contributed by atoms with Gasteiger partial charge >= 0.3 is 0 Å². The van der Waals surface area contributed by atoms with Crippen molar-refractivity contribution in [2.75, 3.05) is 26.2 Å². The molecular formula is C14H26N4. The molecule has 1 fully saturated rings. The van der Waals surface area contributed by atoms with Gasteiger partial charge in [0.15, 0.2) is 0 Å². The van der Waals surface area contributed by atoms with Gasteiger partial charge in [-0.1, -0.05) is 6.92 Å². The minimum atomic E-state index is 0.709. The number of nitrogens with one attached hydrogen (secondary N) is 1. The number of nitrogens with zero attached hydrogens (tertiary/aromatic N) is 3. The molecule has 1 N–H and O–H groups in total. The standard InChI is InChI=1S/C14H26N4/c1-3-8-17(12-14-5-4-6-16-14)10-11-18-9-7-15-13(18)2/h7,9,14,16H,3-6,8,10-12H2,1-2H3. The summed E-state index contributed by atoms with van der Waals surface area (Å²) in [5.41, 5.74) is 0. The Morgan fingerprint density at radius 1 is 1.50 bits per heavy atom. The summed E-state index contributed by atoms with van der Waals surface area (Å²) in [6.07, 6.45) is 7.87. The molecule has 1 aliphatic rings. The fourth-order valence-corrected chi connectivity index (χ4v) is 2.72. The Morgan fingerprint density at radius 2 is 2.39 bits per heavy atom. The molecule has 4 nitrogen and oxygen atoms in total. The summed E-state index contributed by atoms with van der Waals surface area (Å²) in [7, 11) is 0. The van der Waals surface area contributed by atoms with E-state index in [9.17, 15) is 0 Å². The minimum absolute atomic E-state index is 0.709. The van der Waals surface area contributed by atoms with E-state index < -0.39 is 0 Å². The van der Waals surface area contributed by atoms with Gasteiger partial charge in [0.05, 0.1) is 0 Å². The van der Waals surface area contributed by atoms with E-state index >= 15 is 0 Å². The van der Waals surface area contributed by atoms with Crippen molar-refractivity contribution in [3.05, 3.63) is 18.2 Å². The lowest BCUT2D eigenvalue weighted by Crippen LogP contribution is -2.39. The molecule has 0 amide bonds. The number of rotatable bonds is 7. The molecule has 0 spiro atoms. The second-order valence-corrected chi connectivity index (χ2v) is 5.26. The SMILES string of the molecule is CCCN(CCn1ccnc1C)CC1CCCN1. The number of imidazole rings is 1. The van der Waals surface area contributed by atoms with Crippen LogP contribution in [0.3, 0.4) is 0 Å². The van der Waals surface area contributed by atoms with Crippen LogP contribution in [0.5, 0.6) is 0 Å². The first kappa shape index (κ1) is 13.6. The lowest BCUT2D eigenvalue weighted by molar-refractivity contribution is 0.240. The lowest BCUT2D eigenvalue weighted by Gasteiger charge is -2.25. The highest BCUT2D eigenvalue weighted by molar-refractivity contribution is 4.88. The first-order valence-electron chi connectivity index (χ1n) is 7.23. The van der Waals surface area contributed by atoms with Crippen molar-refractivity contribution in [3.8, 4) is 0 Å². The Kier molecular flexibility index (Phi) is 5.20. The van der Waals surface area contributed by atoms with E-state index in [0.717, 1.165) is 18.9 Å². The third-order valence-corrected chi connectivity index (χ3v) is 3.76. The summed E-state index contributed by atoms with van der Waals surface area (Å²) in [6, 6.07) is 0.709. The van der Waals surface area contributed by atoms with Crippen LogP contribution in [0, 0.1) is 6.92 Å². The maximum atomic E-state index is 4.28. The van der Waals surface area contributed by atoms with E-state index in [-0.39, 0.29) is 0 Å². The Balaban J connectivity index is 1.79. The van der Waals surface area contributed by atoms with Gasteiger partial charge in [-0.2, -0.15) is 0 Å². The summed E-state index contributed by atoms with van der Waals surface area (Å²) in [5.74, 6) is 1.12. The van der Waals surface area contributed by atoms with Crippen molar-refractivity contribution >= 4 is 0 Å². The second kappa shape index (κ2) is 6.90. The van der Waals surface area contributed by atoms with Crippen LogP contribution in [0.4, 0.5) is 0 Å². The summed E-state index contributed by atoms with van der Waals surface area (Å²) in [6.45, 7) is 10.1. The molecule has 0 saturated carbocycles. The normalized spacial score (nSPS) is 19.8. The average molecular weight is 250 g/mol. The molecule has 1 aromatic heterocycles. The monoisotopic (exact) mass is 250 g/mol. The van der Waals surface area contributed by atoms with Crippen LogP contribution < -0.4 is 5.32 Å². The maximum absolute atomic E-state index is 4.28. The van der Waals surface area contributed by atoms with Gasteiger partial charge in [0.25, 0.3) is 0 Å². The van der Waals surface area contributed by atoms with Crippen LogP contribution in [0.2, 0.25) is 0 Å². The molecule has 4 heteroatoms. The highest BCUT2D eigenvalue weighted by Gasteiger charge is 2.17. The molecule has 0 aliphatic carbocycles. The number of hydrogen-bond acceptors (Lipinski definition) is 3. The third kappa shape index (κ3) is 3.82. The first-order chi connectivity index (χ1) is 8.79. The van der Waals surface area contributed by atoms with E-state index in [1.807, 2.05) is 6.20 Å². The molecule has 1 atom stereocenters. The zero-order chi connectivity index (χ0) is 12.8. The zero-order valence-corrected chi connectivity index (χ0v) is 11.7. The van der Waals surface area contributed by atoms with Crippen LogP contribution in [0.15, 0.2) is 12.4 Å². The van der Waals surface area contributed by atoms with E-state index in [0.29, 0.717) is 6.04 Å². The molecule has 102 valence electrons. The van der Waals surface area contributed by atoms with Gasteiger partial charge in [-0.05, 0) is 39.3 Å². The van der Waals surface area contributed by atoms with Crippen molar-refractivity contribution in [1.29, 1.82) is 0 Å². The second-order valence-electron chi connectivity index (χ2n) is 5.26. The molecule has 1 unspecified atom stereocenters. The van der Waals surface area contributed by atoms with Gasteiger partial charge in [0.2, 0.25) is 0 Å². The first-order valence-corrected chi connectivity index (χ1v) is 7.23. The van der Waals surface area contributed by atoms with Crippen molar-refractivity contribution < 1.29 is 0 Å². The van der Waals surface area contributed by atoms with E-state index in [4.69, 9.17) is 0 Å². The summed E-state index contributed by atoms with van der Waals surface area (Å²) >= 11 is 0. The van der Waals surface area contributed by atoms with Gasteiger partial charge in [0, 0.05) is 38.1 Å². The summed E-state index contributed by atoms with van der Waals surface area (Å²) < 4.78 is 2.24. The number of aryl methyl sites for hydroxylation is 1. The van der Waals surface area contributed by atoms with Gasteiger partial charge < -0.3 is 14.8 Å². The number of hydrogen-bond donors (Lipinski definition) is 1. The molecular weight excluding hydrogens is 224 g/mol. The fourth-order valence-electron chi connectivity index (χ4n) is 2.72. The summed E-state index contributed by atoms with van der Waals surface area (Å²) in [4.78, 5) is 6.86. The van der Waals surface area contributed by atoms with Crippen LogP contribution in [-0.2, 0) is 6.54 Å². The Hall–Kier alpha value is -0.870. The topological polar surface area (TPSA) is 33.1 Å². The van der Waals surface area contributed by atoms with Crippen molar-refractivity contribution in [2.45, 2.75) is 45.7 Å². The quantitative estimate of drug-likeness (QED) is 0.799. The van der Waals surface area contributed by atoms with Crippen LogP contribution in [0.1, 0.15) is 32.0 Å². The van der Waals surface area contributed by atoms with Crippen LogP contribution in [0.25, 0.3) is 0 Å². The molecule has 2 heterocycles. The van der Waals surface area contributed by atoms with Gasteiger partial charge in [-0.25, -0.2) is 4.98 Å². The van der Waals surface area contributed by atoms with Gasteiger partial charge in [-0.15, -0.1) is 0 Å². The smallest absolute Gasteiger partial charge is 0.105 e. The Bertz CT molecular complexity index is 341. The van der Waals surface area contributed by atoms with E-state index in [1.54, 1.807) is 0 Å². The number of aromatic nitrogens is 2. The van der Waals surface area contributed by atoms with Gasteiger partial charge in [-0.3, -0.25) is 0 Å². The molecule has 0 bridgehead atoms. The zero-order valence-electron chi connectivity index (χ0n) is 11.7. The Labute approximate surface area is 110 Å². The maximum Gasteiger partial charge on any atom is 0.105 e. The van der Waals surface area contributed by atoms with Crippen molar-refractivity contribution in [2.24, 2.45) is 0 Å². The highest BCUT2D eigenvalue weighted by Crippen LogP contribution is 2.08. The average Bonchev–Trinajstić information content (AvgIpc) is 2.98. The highest BCUT2D eigenvalue weighted by atomic mass is 15.2. The van der Waals surface area contributed by atoms with Crippen molar-refractivity contribution in [1.82, 2.24) is 19.8 Å². The van der Waals surface area contributed by atoms with Crippen molar-refractivity contribution in [3.63, 3.8) is 0 Å². The molecule has 0 radical (unpaired) electrons.